The molecule has 0 aromatic heterocycles. The van der Waals surface area contributed by atoms with E-state index < -0.39 is 11.8 Å². The number of rotatable bonds is 5. The zero-order valence-corrected chi connectivity index (χ0v) is 17.9. The first-order chi connectivity index (χ1) is 14.3. The van der Waals surface area contributed by atoms with E-state index in [1.807, 2.05) is 0 Å². The normalized spacial score (nSPS) is 10.5. The van der Waals surface area contributed by atoms with Gasteiger partial charge in [-0.05, 0) is 54.2 Å². The molecule has 0 atom stereocenters. The van der Waals surface area contributed by atoms with Crippen LogP contribution in [0.1, 0.15) is 29.8 Å². The molecule has 0 heterocycles. The van der Waals surface area contributed by atoms with Crippen molar-refractivity contribution >= 4 is 58.4 Å². The summed E-state index contributed by atoms with van der Waals surface area (Å²) >= 11 is 11.0. The maximum absolute atomic E-state index is 12.2. The largest absolute Gasteiger partial charge is 0.326 e. The summed E-state index contributed by atoms with van der Waals surface area (Å²) in [7, 11) is 0. The van der Waals surface area contributed by atoms with Gasteiger partial charge < -0.3 is 5.32 Å². The van der Waals surface area contributed by atoms with Gasteiger partial charge in [-0.2, -0.15) is 0 Å². The second-order valence-corrected chi connectivity index (χ2v) is 7.29. The summed E-state index contributed by atoms with van der Waals surface area (Å²) in [5, 5.41) is 5.59. The topological polar surface area (TPSA) is 99.3 Å². The average Bonchev–Trinajstić information content (AvgIpc) is 2.72. The molecular weight excluding hydrogens is 424 g/mol. The number of hydrazine groups is 1. The van der Waals surface area contributed by atoms with Crippen LogP contribution in [0.5, 0.6) is 0 Å². The van der Waals surface area contributed by atoms with Crippen molar-refractivity contribution in [3.05, 3.63) is 70.8 Å². The molecule has 0 fully saturated rings. The van der Waals surface area contributed by atoms with Crippen LogP contribution in [0.3, 0.4) is 0 Å². The number of benzene rings is 2. The van der Waals surface area contributed by atoms with Gasteiger partial charge >= 0.3 is 0 Å². The Balaban J connectivity index is 1.81. The van der Waals surface area contributed by atoms with Gasteiger partial charge in [-0.1, -0.05) is 43.6 Å². The van der Waals surface area contributed by atoms with Crippen LogP contribution in [-0.2, 0) is 9.59 Å². The molecule has 2 aromatic rings. The third-order valence-electron chi connectivity index (χ3n) is 3.78. The smallest absolute Gasteiger partial charge is 0.269 e. The third kappa shape index (κ3) is 7.31. The minimum Gasteiger partial charge on any atom is -0.326 e. The van der Waals surface area contributed by atoms with Gasteiger partial charge in [0.1, 0.15) is 0 Å². The Hall–Kier alpha value is -3.23. The van der Waals surface area contributed by atoms with Crippen LogP contribution in [0.15, 0.2) is 54.6 Å². The van der Waals surface area contributed by atoms with E-state index in [4.69, 9.17) is 23.8 Å². The van der Waals surface area contributed by atoms with Gasteiger partial charge in [0.15, 0.2) is 5.11 Å². The highest BCUT2D eigenvalue weighted by Crippen LogP contribution is 2.16. The monoisotopic (exact) mass is 444 g/mol. The van der Waals surface area contributed by atoms with Crippen LogP contribution in [0.25, 0.3) is 6.08 Å². The van der Waals surface area contributed by atoms with Crippen molar-refractivity contribution in [2.24, 2.45) is 5.92 Å². The molecule has 2 rings (SSSR count). The Kier molecular flexibility index (Phi) is 8.52. The molecule has 156 valence electrons. The van der Waals surface area contributed by atoms with Gasteiger partial charge in [0, 0.05) is 28.3 Å². The molecule has 0 aliphatic heterocycles. The summed E-state index contributed by atoms with van der Waals surface area (Å²) in [4.78, 5) is 35.8. The maximum atomic E-state index is 12.2. The van der Waals surface area contributed by atoms with E-state index in [0.29, 0.717) is 21.8 Å². The zero-order chi connectivity index (χ0) is 22.1. The Labute approximate surface area is 184 Å². The molecule has 30 heavy (non-hydrogen) atoms. The molecule has 9 heteroatoms. The van der Waals surface area contributed by atoms with Crippen molar-refractivity contribution in [2.75, 3.05) is 5.32 Å². The van der Waals surface area contributed by atoms with Gasteiger partial charge in [0.05, 0.1) is 0 Å². The third-order valence-corrected chi connectivity index (χ3v) is 4.33. The van der Waals surface area contributed by atoms with Crippen molar-refractivity contribution in [2.45, 2.75) is 13.8 Å². The molecule has 3 amide bonds. The molecule has 7 nitrogen and oxygen atoms in total. The number of carbonyl (C=O) groups excluding carboxylic acids is 3. The zero-order valence-electron chi connectivity index (χ0n) is 16.4. The second kappa shape index (κ2) is 11.1. The molecule has 0 bridgehead atoms. The van der Waals surface area contributed by atoms with Gasteiger partial charge in [-0.15, -0.1) is 0 Å². The van der Waals surface area contributed by atoms with Crippen LogP contribution < -0.4 is 21.5 Å². The number of nitrogens with one attached hydrogen (secondary N) is 4. The minimum atomic E-state index is -0.480. The molecule has 0 aliphatic carbocycles. The number of hydrogen-bond donors (Lipinski definition) is 4. The number of hydrogen-bond acceptors (Lipinski definition) is 4. The molecule has 4 N–H and O–H groups in total. The van der Waals surface area contributed by atoms with E-state index >= 15 is 0 Å². The predicted molar refractivity (Wildman–Crippen MR) is 122 cm³/mol. The van der Waals surface area contributed by atoms with Crippen LogP contribution >= 0.6 is 23.8 Å². The Morgan fingerprint density at radius 1 is 1.00 bits per heavy atom. The van der Waals surface area contributed by atoms with Crippen molar-refractivity contribution in [3.8, 4) is 0 Å². The first-order valence-corrected chi connectivity index (χ1v) is 9.79. The fraction of sp³-hybridized carbons (Fsp3) is 0.143. The second-order valence-electron chi connectivity index (χ2n) is 6.47. The first-order valence-electron chi connectivity index (χ1n) is 9.01. The number of anilines is 1. The minimum absolute atomic E-state index is 0.0713. The summed E-state index contributed by atoms with van der Waals surface area (Å²) in [6.07, 6.45) is 2.83. The Morgan fingerprint density at radius 2 is 1.67 bits per heavy atom. The van der Waals surface area contributed by atoms with E-state index in [0.717, 1.165) is 0 Å². The van der Waals surface area contributed by atoms with Crippen molar-refractivity contribution < 1.29 is 14.4 Å². The highest BCUT2D eigenvalue weighted by molar-refractivity contribution is 7.80. The van der Waals surface area contributed by atoms with E-state index in [-0.39, 0.29) is 16.9 Å². The SMILES string of the molecule is CC(C)C(=O)Nc1ccc(C(=O)NNC(=S)NC(=O)C=Cc2ccccc2Cl)cc1. The highest BCUT2D eigenvalue weighted by Gasteiger charge is 2.09. The fourth-order valence-corrected chi connectivity index (χ4v) is 2.49. The lowest BCUT2D eigenvalue weighted by Gasteiger charge is -2.11. The van der Waals surface area contributed by atoms with E-state index in [2.05, 4.69) is 21.5 Å². The summed E-state index contributed by atoms with van der Waals surface area (Å²) in [5.74, 6) is -1.20. The summed E-state index contributed by atoms with van der Waals surface area (Å²) in [6.45, 7) is 3.58. The van der Waals surface area contributed by atoms with Gasteiger partial charge in [0.2, 0.25) is 11.8 Å². The van der Waals surface area contributed by atoms with Gasteiger partial charge in [-0.25, -0.2) is 0 Å². The van der Waals surface area contributed by atoms with E-state index in [9.17, 15) is 14.4 Å². The molecular formula is C21H21ClN4O3S. The average molecular weight is 445 g/mol. The molecule has 0 saturated heterocycles. The number of halogens is 1. The number of carbonyl (C=O) groups is 3. The molecule has 0 unspecified atom stereocenters. The lowest BCUT2D eigenvalue weighted by atomic mass is 10.1. The summed E-state index contributed by atoms with van der Waals surface area (Å²) in [5.41, 5.74) is 6.47. The number of amides is 3. The number of thiocarbonyl (C=S) groups is 1. The Morgan fingerprint density at radius 3 is 2.30 bits per heavy atom. The molecule has 0 aliphatic rings. The maximum Gasteiger partial charge on any atom is 0.269 e. The quantitative estimate of drug-likeness (QED) is 0.322. The van der Waals surface area contributed by atoms with E-state index in [1.165, 1.54) is 6.08 Å². The standard InChI is InChI=1S/C21H21ClN4O3S/c1-13(2)19(28)23-16-10-7-15(8-11-16)20(29)25-26-21(30)24-18(27)12-9-14-5-3-4-6-17(14)22/h3-13H,1-2H3,(H,23,28)(H,25,29)(H2,24,26,27,30). The molecule has 2 aromatic carbocycles. The summed E-state index contributed by atoms with van der Waals surface area (Å²) < 4.78 is 0. The molecule has 0 spiro atoms. The van der Waals surface area contributed by atoms with Crippen LogP contribution in [0.4, 0.5) is 5.69 Å². The van der Waals surface area contributed by atoms with Crippen LogP contribution in [0, 0.1) is 5.92 Å². The predicted octanol–water partition coefficient (Wildman–Crippen LogP) is 3.28. The van der Waals surface area contributed by atoms with Crippen LogP contribution in [-0.4, -0.2) is 22.8 Å². The van der Waals surface area contributed by atoms with Gasteiger partial charge in [-0.3, -0.25) is 30.6 Å². The fourth-order valence-electron chi connectivity index (χ4n) is 2.14. The van der Waals surface area contributed by atoms with Gasteiger partial charge in [0.25, 0.3) is 5.91 Å². The molecule has 0 saturated carbocycles. The van der Waals surface area contributed by atoms with Crippen LogP contribution in [0.2, 0.25) is 5.02 Å². The van der Waals surface area contributed by atoms with Crippen molar-refractivity contribution in [1.29, 1.82) is 0 Å². The van der Waals surface area contributed by atoms with Crippen molar-refractivity contribution in [3.63, 3.8) is 0 Å². The lowest BCUT2D eigenvalue weighted by molar-refractivity contribution is -0.119. The van der Waals surface area contributed by atoms with E-state index in [1.54, 1.807) is 68.5 Å². The Bertz CT molecular complexity index is 974. The lowest BCUT2D eigenvalue weighted by Crippen LogP contribution is -2.48. The highest BCUT2D eigenvalue weighted by atomic mass is 35.5. The molecule has 0 radical (unpaired) electrons. The van der Waals surface area contributed by atoms with Crippen molar-refractivity contribution in [1.82, 2.24) is 16.2 Å². The summed E-state index contributed by atoms with van der Waals surface area (Å²) in [6, 6.07) is 13.4. The first kappa shape index (κ1) is 23.1.